The first-order chi connectivity index (χ1) is 15.1. The molecule has 2 aliphatic rings. The summed E-state index contributed by atoms with van der Waals surface area (Å²) in [5.41, 5.74) is 2.77. The molecule has 0 radical (unpaired) electrons. The fourth-order valence-corrected chi connectivity index (χ4v) is 6.71. The Hall–Kier alpha value is -0.850. The van der Waals surface area contributed by atoms with Crippen molar-refractivity contribution in [2.45, 2.75) is 130 Å². The summed E-state index contributed by atoms with van der Waals surface area (Å²) in [5, 5.41) is 0. The number of hydrogen-bond acceptors (Lipinski definition) is 1. The summed E-state index contributed by atoms with van der Waals surface area (Å²) in [6.07, 6.45) is 23.3. The van der Waals surface area contributed by atoms with E-state index in [2.05, 4.69) is 46.0 Å². The molecule has 1 aromatic heterocycles. The molecule has 0 aliphatic heterocycles. The van der Waals surface area contributed by atoms with Crippen LogP contribution in [0.1, 0.15) is 135 Å². The van der Waals surface area contributed by atoms with Gasteiger partial charge in [0.15, 0.2) is 0 Å². The van der Waals surface area contributed by atoms with E-state index >= 15 is 0 Å². The van der Waals surface area contributed by atoms with Crippen molar-refractivity contribution in [2.75, 3.05) is 0 Å². The molecule has 176 valence electrons. The van der Waals surface area contributed by atoms with Gasteiger partial charge in [-0.25, -0.2) is 0 Å². The fourth-order valence-electron chi connectivity index (χ4n) is 6.71. The van der Waals surface area contributed by atoms with E-state index in [1.807, 2.05) is 0 Å². The van der Waals surface area contributed by atoms with Crippen LogP contribution in [0.15, 0.2) is 18.3 Å². The number of pyridine rings is 1. The second-order valence-electron chi connectivity index (χ2n) is 11.3. The van der Waals surface area contributed by atoms with E-state index in [1.165, 1.54) is 108 Å². The van der Waals surface area contributed by atoms with Gasteiger partial charge in [0.25, 0.3) is 0 Å². The summed E-state index contributed by atoms with van der Waals surface area (Å²) in [5.74, 6) is 5.43. The minimum atomic E-state index is 0.620. The van der Waals surface area contributed by atoms with Crippen molar-refractivity contribution in [1.82, 2.24) is 4.98 Å². The molecule has 1 heteroatoms. The number of nitrogens with zero attached hydrogens (tertiary/aromatic N) is 1. The summed E-state index contributed by atoms with van der Waals surface area (Å²) < 4.78 is 0. The van der Waals surface area contributed by atoms with Gasteiger partial charge in [-0.05, 0) is 92.6 Å². The highest BCUT2D eigenvalue weighted by atomic mass is 14.7. The van der Waals surface area contributed by atoms with Crippen molar-refractivity contribution >= 4 is 0 Å². The first kappa shape index (κ1) is 24.8. The van der Waals surface area contributed by atoms with E-state index < -0.39 is 0 Å². The molecule has 0 bridgehead atoms. The summed E-state index contributed by atoms with van der Waals surface area (Å²) in [6, 6.07) is 4.70. The zero-order valence-corrected chi connectivity index (χ0v) is 21.2. The Bertz CT molecular complexity index is 589. The second kappa shape index (κ2) is 13.0. The highest BCUT2D eigenvalue weighted by Crippen LogP contribution is 2.45. The maximum atomic E-state index is 4.91. The highest BCUT2D eigenvalue weighted by Gasteiger charge is 2.33. The van der Waals surface area contributed by atoms with Gasteiger partial charge in [0, 0.05) is 17.8 Å². The van der Waals surface area contributed by atoms with Crippen LogP contribution in [0, 0.1) is 29.6 Å². The van der Waals surface area contributed by atoms with Gasteiger partial charge in [-0.3, -0.25) is 4.98 Å². The molecule has 1 aromatic rings. The second-order valence-corrected chi connectivity index (χ2v) is 11.3. The molecular weight excluding hydrogens is 374 g/mol. The number of rotatable bonds is 11. The van der Waals surface area contributed by atoms with Crippen molar-refractivity contribution in [2.24, 2.45) is 29.6 Å². The Balaban J connectivity index is 1.41. The van der Waals surface area contributed by atoms with Gasteiger partial charge in [-0.15, -0.1) is 0 Å². The van der Waals surface area contributed by atoms with Crippen LogP contribution in [0.4, 0.5) is 0 Å². The van der Waals surface area contributed by atoms with E-state index in [9.17, 15) is 0 Å². The van der Waals surface area contributed by atoms with Crippen LogP contribution in [0.3, 0.4) is 0 Å². The first-order valence-electron chi connectivity index (χ1n) is 14.1. The standard InChI is InChI=1S/C30H51N/c1-5-7-8-9-10-11-26-14-21-30(31-22-26)24(4)29-19-17-28(18-20-29)23(3)27-15-12-25(6-2)13-16-27/h14,21-25,27-29H,5-13,15-20H2,1-4H3. The number of hydrogen-bond donors (Lipinski definition) is 0. The molecule has 0 amide bonds. The lowest BCUT2D eigenvalue weighted by Crippen LogP contribution is -2.29. The van der Waals surface area contributed by atoms with Crippen LogP contribution in [-0.2, 0) is 6.42 Å². The number of aryl methyl sites for hydroxylation is 1. The predicted molar refractivity (Wildman–Crippen MR) is 135 cm³/mol. The van der Waals surface area contributed by atoms with Crippen molar-refractivity contribution in [3.63, 3.8) is 0 Å². The minimum Gasteiger partial charge on any atom is -0.261 e. The summed E-state index contributed by atoms with van der Waals surface area (Å²) in [6.45, 7) is 9.70. The maximum absolute atomic E-state index is 4.91. The quantitative estimate of drug-likeness (QED) is 0.322. The van der Waals surface area contributed by atoms with Crippen LogP contribution < -0.4 is 0 Å². The normalized spacial score (nSPS) is 28.9. The third kappa shape index (κ3) is 7.33. The smallest absolute Gasteiger partial charge is 0.0434 e. The summed E-state index contributed by atoms with van der Waals surface area (Å²) >= 11 is 0. The Morgan fingerprint density at radius 3 is 1.97 bits per heavy atom. The third-order valence-electron chi connectivity index (χ3n) is 9.36. The van der Waals surface area contributed by atoms with Gasteiger partial charge in [0.05, 0.1) is 0 Å². The molecule has 3 rings (SSSR count). The van der Waals surface area contributed by atoms with E-state index in [0.29, 0.717) is 5.92 Å². The van der Waals surface area contributed by atoms with Crippen LogP contribution in [0.2, 0.25) is 0 Å². The number of unbranched alkanes of at least 4 members (excludes halogenated alkanes) is 4. The first-order valence-corrected chi connectivity index (χ1v) is 14.1. The lowest BCUT2D eigenvalue weighted by atomic mass is 9.66. The Kier molecular flexibility index (Phi) is 10.4. The molecule has 0 spiro atoms. The maximum Gasteiger partial charge on any atom is 0.0434 e. The van der Waals surface area contributed by atoms with E-state index in [1.54, 1.807) is 0 Å². The zero-order valence-electron chi connectivity index (χ0n) is 21.2. The molecular formula is C30H51N. The van der Waals surface area contributed by atoms with Gasteiger partial charge in [0.2, 0.25) is 0 Å². The van der Waals surface area contributed by atoms with Gasteiger partial charge < -0.3 is 0 Å². The van der Waals surface area contributed by atoms with E-state index in [4.69, 9.17) is 4.98 Å². The van der Waals surface area contributed by atoms with Crippen molar-refractivity contribution in [3.05, 3.63) is 29.6 Å². The average molecular weight is 426 g/mol. The predicted octanol–water partition coefficient (Wildman–Crippen LogP) is 9.36. The molecule has 0 N–H and O–H groups in total. The summed E-state index contributed by atoms with van der Waals surface area (Å²) in [4.78, 5) is 4.91. The summed E-state index contributed by atoms with van der Waals surface area (Å²) in [7, 11) is 0. The SMILES string of the molecule is CCCCCCCc1ccc(C(C)C2CCC(C(C)C3CCC(CC)CC3)CC2)nc1. The zero-order chi connectivity index (χ0) is 22.1. The van der Waals surface area contributed by atoms with Gasteiger partial charge in [-0.1, -0.05) is 78.7 Å². The van der Waals surface area contributed by atoms with Crippen molar-refractivity contribution in [1.29, 1.82) is 0 Å². The van der Waals surface area contributed by atoms with E-state index in [-0.39, 0.29) is 0 Å². The molecule has 1 nitrogen and oxygen atoms in total. The average Bonchev–Trinajstić information content (AvgIpc) is 2.83. The molecule has 0 saturated heterocycles. The Morgan fingerprint density at radius 1 is 0.774 bits per heavy atom. The Labute approximate surface area is 194 Å². The van der Waals surface area contributed by atoms with Gasteiger partial charge >= 0.3 is 0 Å². The van der Waals surface area contributed by atoms with Crippen LogP contribution in [0.5, 0.6) is 0 Å². The van der Waals surface area contributed by atoms with Gasteiger partial charge in [-0.2, -0.15) is 0 Å². The molecule has 2 atom stereocenters. The van der Waals surface area contributed by atoms with Gasteiger partial charge in [0.1, 0.15) is 0 Å². The largest absolute Gasteiger partial charge is 0.261 e. The van der Waals surface area contributed by atoms with Crippen molar-refractivity contribution < 1.29 is 0 Å². The highest BCUT2D eigenvalue weighted by molar-refractivity contribution is 5.17. The molecule has 2 unspecified atom stereocenters. The molecule has 2 saturated carbocycles. The topological polar surface area (TPSA) is 12.9 Å². The third-order valence-corrected chi connectivity index (χ3v) is 9.36. The minimum absolute atomic E-state index is 0.620. The van der Waals surface area contributed by atoms with Crippen molar-refractivity contribution in [3.8, 4) is 0 Å². The lowest BCUT2D eigenvalue weighted by Gasteiger charge is -2.40. The fraction of sp³-hybridized carbons (Fsp3) is 0.833. The molecule has 0 aromatic carbocycles. The van der Waals surface area contributed by atoms with Crippen LogP contribution in [0.25, 0.3) is 0 Å². The monoisotopic (exact) mass is 425 g/mol. The Morgan fingerprint density at radius 2 is 1.39 bits per heavy atom. The van der Waals surface area contributed by atoms with Crippen LogP contribution >= 0.6 is 0 Å². The van der Waals surface area contributed by atoms with Crippen LogP contribution in [-0.4, -0.2) is 4.98 Å². The van der Waals surface area contributed by atoms with E-state index in [0.717, 1.165) is 29.6 Å². The molecule has 2 aliphatic carbocycles. The molecule has 31 heavy (non-hydrogen) atoms. The number of aromatic nitrogens is 1. The lowest BCUT2D eigenvalue weighted by molar-refractivity contribution is 0.119. The molecule has 2 fully saturated rings. The molecule has 1 heterocycles.